The van der Waals surface area contributed by atoms with Crippen molar-refractivity contribution in [3.05, 3.63) is 65.7 Å². The molecule has 0 aliphatic rings. The maximum atomic E-state index is 12.1. The van der Waals surface area contributed by atoms with Crippen LogP contribution in [0, 0.1) is 0 Å². The Kier molecular flexibility index (Phi) is 5.55. The molecule has 0 radical (unpaired) electrons. The maximum absolute atomic E-state index is 12.1. The van der Waals surface area contributed by atoms with Crippen molar-refractivity contribution in [3.8, 4) is 5.75 Å². The molecule has 1 N–H and O–H groups in total. The first-order valence-electron chi connectivity index (χ1n) is 7.20. The van der Waals surface area contributed by atoms with Gasteiger partial charge in [0.15, 0.2) is 0 Å². The minimum absolute atomic E-state index is 0.219. The third-order valence-electron chi connectivity index (χ3n) is 3.65. The third kappa shape index (κ3) is 4.33. The predicted molar refractivity (Wildman–Crippen MR) is 85.5 cm³/mol. The van der Waals surface area contributed by atoms with Gasteiger partial charge in [0.2, 0.25) is 0 Å². The van der Waals surface area contributed by atoms with Crippen molar-refractivity contribution in [1.29, 1.82) is 0 Å². The van der Waals surface area contributed by atoms with E-state index in [4.69, 9.17) is 4.74 Å². The van der Waals surface area contributed by atoms with E-state index in [-0.39, 0.29) is 17.8 Å². The highest BCUT2D eigenvalue weighted by molar-refractivity contribution is 5.76. The van der Waals surface area contributed by atoms with Gasteiger partial charge < -0.3 is 9.84 Å². The Labute approximate surface area is 131 Å². The number of likely N-dealkylation sites (N-methyl/N-ethyl adjacent to an activating group) is 1. The highest BCUT2D eigenvalue weighted by Gasteiger charge is 2.24. The molecule has 0 spiro atoms. The van der Waals surface area contributed by atoms with Gasteiger partial charge in [0.05, 0.1) is 7.11 Å². The Balaban J connectivity index is 2.11. The summed E-state index contributed by atoms with van der Waals surface area (Å²) in [6.07, 6.45) is 0.538. The quantitative estimate of drug-likeness (QED) is 0.833. The number of nitrogens with zero attached hydrogens (tertiary/aromatic N) is 1. The highest BCUT2D eigenvalue weighted by Crippen LogP contribution is 2.15. The fourth-order valence-corrected chi connectivity index (χ4v) is 2.39. The fourth-order valence-electron chi connectivity index (χ4n) is 2.39. The lowest BCUT2D eigenvalue weighted by molar-refractivity contribution is -0.146. The van der Waals surface area contributed by atoms with E-state index in [0.717, 1.165) is 11.1 Å². The minimum Gasteiger partial charge on any atom is -0.508 e. The molecule has 0 bridgehead atoms. The Morgan fingerprint density at radius 1 is 1.09 bits per heavy atom. The van der Waals surface area contributed by atoms with Gasteiger partial charge >= 0.3 is 5.97 Å². The second-order valence-corrected chi connectivity index (χ2v) is 5.31. The molecule has 0 unspecified atom stereocenters. The van der Waals surface area contributed by atoms with Crippen LogP contribution in [0.5, 0.6) is 5.75 Å². The normalized spacial score (nSPS) is 12.1. The van der Waals surface area contributed by atoms with Crippen LogP contribution in [0.1, 0.15) is 11.1 Å². The maximum Gasteiger partial charge on any atom is 0.323 e. The van der Waals surface area contributed by atoms with E-state index in [1.807, 2.05) is 54.4 Å². The number of hydrogen-bond acceptors (Lipinski definition) is 4. The number of carbonyl (C=O) groups excluding carboxylic acids is 1. The van der Waals surface area contributed by atoms with E-state index >= 15 is 0 Å². The van der Waals surface area contributed by atoms with Gasteiger partial charge in [0.1, 0.15) is 11.8 Å². The van der Waals surface area contributed by atoms with E-state index in [2.05, 4.69) is 0 Å². The molecule has 22 heavy (non-hydrogen) atoms. The Bertz CT molecular complexity index is 595. The summed E-state index contributed by atoms with van der Waals surface area (Å²) in [6.45, 7) is 0.665. The summed E-state index contributed by atoms with van der Waals surface area (Å²) >= 11 is 0. The number of carbonyl (C=O) groups is 1. The molecule has 2 aromatic carbocycles. The van der Waals surface area contributed by atoms with Crippen LogP contribution in [0.2, 0.25) is 0 Å². The van der Waals surface area contributed by atoms with Gasteiger partial charge in [-0.25, -0.2) is 0 Å². The molecule has 0 amide bonds. The summed E-state index contributed by atoms with van der Waals surface area (Å²) in [6, 6.07) is 16.5. The first kappa shape index (κ1) is 16.0. The molecule has 2 rings (SSSR count). The second-order valence-electron chi connectivity index (χ2n) is 5.31. The molecule has 116 valence electrons. The van der Waals surface area contributed by atoms with E-state index in [1.165, 1.54) is 7.11 Å². The summed E-state index contributed by atoms with van der Waals surface area (Å²) in [5.41, 5.74) is 2.12. The van der Waals surface area contributed by atoms with Crippen molar-refractivity contribution >= 4 is 5.97 Å². The lowest BCUT2D eigenvalue weighted by atomic mass is 10.0. The summed E-state index contributed by atoms with van der Waals surface area (Å²) < 4.78 is 4.94. The van der Waals surface area contributed by atoms with Crippen molar-refractivity contribution in [2.24, 2.45) is 0 Å². The van der Waals surface area contributed by atoms with E-state index in [9.17, 15) is 9.90 Å². The van der Waals surface area contributed by atoms with Crippen molar-refractivity contribution in [2.45, 2.75) is 19.0 Å². The summed E-state index contributed by atoms with van der Waals surface area (Å²) in [4.78, 5) is 14.1. The van der Waals surface area contributed by atoms with Crippen molar-refractivity contribution in [2.75, 3.05) is 14.2 Å². The summed E-state index contributed by atoms with van der Waals surface area (Å²) in [5.74, 6) is -0.0393. The van der Waals surface area contributed by atoms with Crippen LogP contribution in [0.3, 0.4) is 0 Å². The first-order valence-corrected chi connectivity index (χ1v) is 7.20. The summed E-state index contributed by atoms with van der Waals surface area (Å²) in [7, 11) is 3.32. The Hall–Kier alpha value is -2.33. The molecule has 0 saturated carbocycles. The van der Waals surface area contributed by atoms with Crippen LogP contribution in [0.4, 0.5) is 0 Å². The number of ether oxygens (including phenoxy) is 1. The Morgan fingerprint density at radius 3 is 2.32 bits per heavy atom. The van der Waals surface area contributed by atoms with Gasteiger partial charge in [-0.2, -0.15) is 0 Å². The molecule has 0 aromatic heterocycles. The Morgan fingerprint density at radius 2 is 1.73 bits per heavy atom. The molecule has 0 saturated heterocycles. The molecule has 2 aromatic rings. The molecule has 4 heteroatoms. The standard InChI is InChI=1S/C18H21NO3/c1-19(13-15-6-4-3-5-7-15)17(18(21)22-2)12-14-8-10-16(20)11-9-14/h3-11,17,20H,12-13H2,1-2H3/t17-/m0/s1. The fraction of sp³-hybridized carbons (Fsp3) is 0.278. The average molecular weight is 299 g/mol. The molecular formula is C18H21NO3. The average Bonchev–Trinajstić information content (AvgIpc) is 2.54. The predicted octanol–water partition coefficient (Wildman–Crippen LogP) is 2.61. The number of hydrogen-bond donors (Lipinski definition) is 1. The zero-order chi connectivity index (χ0) is 15.9. The van der Waals surface area contributed by atoms with Crippen molar-refractivity contribution < 1.29 is 14.6 Å². The van der Waals surface area contributed by atoms with Gasteiger partial charge in [-0.15, -0.1) is 0 Å². The monoisotopic (exact) mass is 299 g/mol. The van der Waals surface area contributed by atoms with Gasteiger partial charge in [-0.05, 0) is 36.7 Å². The molecular weight excluding hydrogens is 278 g/mol. The molecule has 4 nitrogen and oxygen atoms in total. The molecule has 0 fully saturated rings. The van der Waals surface area contributed by atoms with Crippen LogP contribution in [0.25, 0.3) is 0 Å². The van der Waals surface area contributed by atoms with Gasteiger partial charge in [-0.1, -0.05) is 42.5 Å². The van der Waals surface area contributed by atoms with Gasteiger partial charge in [0.25, 0.3) is 0 Å². The van der Waals surface area contributed by atoms with Gasteiger partial charge in [0, 0.05) is 6.54 Å². The van der Waals surface area contributed by atoms with Gasteiger partial charge in [-0.3, -0.25) is 9.69 Å². The largest absolute Gasteiger partial charge is 0.508 e. The topological polar surface area (TPSA) is 49.8 Å². The number of phenols is 1. The van der Waals surface area contributed by atoms with Crippen molar-refractivity contribution in [1.82, 2.24) is 4.90 Å². The zero-order valence-corrected chi connectivity index (χ0v) is 12.9. The zero-order valence-electron chi connectivity index (χ0n) is 12.9. The summed E-state index contributed by atoms with van der Waals surface area (Å²) in [5, 5.41) is 9.35. The molecule has 0 aliphatic heterocycles. The first-order chi connectivity index (χ1) is 10.6. The molecule has 0 aliphatic carbocycles. The van der Waals surface area contributed by atoms with Crippen LogP contribution >= 0.6 is 0 Å². The number of phenolic OH excluding ortho intramolecular Hbond substituents is 1. The molecule has 1 atom stereocenters. The molecule has 0 heterocycles. The smallest absolute Gasteiger partial charge is 0.323 e. The second kappa shape index (κ2) is 7.61. The van der Waals surface area contributed by atoms with Crippen molar-refractivity contribution in [3.63, 3.8) is 0 Å². The number of esters is 1. The number of rotatable bonds is 6. The highest BCUT2D eigenvalue weighted by atomic mass is 16.5. The third-order valence-corrected chi connectivity index (χ3v) is 3.65. The number of methoxy groups -OCH3 is 1. The SMILES string of the molecule is COC(=O)[C@H](Cc1ccc(O)cc1)N(C)Cc1ccccc1. The van der Waals surface area contributed by atoms with Crippen LogP contribution in [-0.2, 0) is 22.5 Å². The minimum atomic E-state index is -0.366. The van der Waals surface area contributed by atoms with Crippen LogP contribution in [-0.4, -0.2) is 36.2 Å². The lowest BCUT2D eigenvalue weighted by Gasteiger charge is -2.26. The van der Waals surface area contributed by atoms with E-state index in [0.29, 0.717) is 13.0 Å². The van der Waals surface area contributed by atoms with E-state index in [1.54, 1.807) is 12.1 Å². The van der Waals surface area contributed by atoms with Crippen LogP contribution in [0.15, 0.2) is 54.6 Å². The number of benzene rings is 2. The number of aromatic hydroxyl groups is 1. The van der Waals surface area contributed by atoms with Crippen LogP contribution < -0.4 is 0 Å². The van der Waals surface area contributed by atoms with E-state index < -0.39 is 0 Å². The lowest BCUT2D eigenvalue weighted by Crippen LogP contribution is -2.40.